The quantitative estimate of drug-likeness (QED) is 0.736. The third kappa shape index (κ3) is 4.86. The summed E-state index contributed by atoms with van der Waals surface area (Å²) in [6.45, 7) is 2.38. The molecule has 0 aromatic heterocycles. The SMILES string of the molecule is CCCC1CCC(=O)C(CC(=O)NCCO)C1. The number of hydrogen-bond acceptors (Lipinski definition) is 3. The van der Waals surface area contributed by atoms with Crippen LogP contribution < -0.4 is 5.32 Å². The normalized spacial score (nSPS) is 24.7. The third-order valence-corrected chi connectivity index (χ3v) is 3.43. The number of aliphatic hydroxyl groups excluding tert-OH is 1. The number of hydrogen-bond donors (Lipinski definition) is 2. The van der Waals surface area contributed by atoms with Gasteiger partial charge in [-0.3, -0.25) is 9.59 Å². The van der Waals surface area contributed by atoms with Crippen molar-refractivity contribution in [2.45, 2.75) is 45.4 Å². The number of ketones is 1. The predicted octanol–water partition coefficient (Wildman–Crippen LogP) is 1.27. The number of carbonyl (C=O) groups is 2. The lowest BCUT2D eigenvalue weighted by Crippen LogP contribution is -2.33. The molecule has 17 heavy (non-hydrogen) atoms. The van der Waals surface area contributed by atoms with Crippen LogP contribution in [0.2, 0.25) is 0 Å². The zero-order valence-corrected chi connectivity index (χ0v) is 10.6. The van der Waals surface area contributed by atoms with Crippen LogP contribution >= 0.6 is 0 Å². The fraction of sp³-hybridized carbons (Fsp3) is 0.846. The molecule has 1 aliphatic carbocycles. The molecular formula is C13H23NO3. The maximum atomic E-state index is 11.7. The average molecular weight is 241 g/mol. The molecule has 0 aromatic rings. The van der Waals surface area contributed by atoms with Crippen molar-refractivity contribution in [2.75, 3.05) is 13.2 Å². The Morgan fingerprint density at radius 3 is 2.94 bits per heavy atom. The molecule has 1 amide bonds. The number of Topliss-reactive ketones (excluding diaryl/α,β-unsaturated/α-hetero) is 1. The molecule has 0 bridgehead atoms. The van der Waals surface area contributed by atoms with E-state index in [1.807, 2.05) is 0 Å². The predicted molar refractivity (Wildman–Crippen MR) is 65.5 cm³/mol. The number of carbonyl (C=O) groups excluding carboxylic acids is 2. The molecule has 4 nitrogen and oxygen atoms in total. The fourth-order valence-corrected chi connectivity index (χ4v) is 2.56. The van der Waals surface area contributed by atoms with Crippen LogP contribution in [0.25, 0.3) is 0 Å². The van der Waals surface area contributed by atoms with Gasteiger partial charge < -0.3 is 10.4 Å². The van der Waals surface area contributed by atoms with Crippen LogP contribution in [0.5, 0.6) is 0 Å². The van der Waals surface area contributed by atoms with Crippen molar-refractivity contribution >= 4 is 11.7 Å². The number of rotatable bonds is 6. The zero-order valence-electron chi connectivity index (χ0n) is 10.6. The molecule has 0 heterocycles. The molecule has 0 aliphatic heterocycles. The van der Waals surface area contributed by atoms with Crippen molar-refractivity contribution in [2.24, 2.45) is 11.8 Å². The Kier molecular flexibility index (Phi) is 6.19. The van der Waals surface area contributed by atoms with E-state index < -0.39 is 0 Å². The van der Waals surface area contributed by atoms with Gasteiger partial charge in [0.25, 0.3) is 0 Å². The van der Waals surface area contributed by atoms with Crippen LogP contribution in [0, 0.1) is 11.8 Å². The van der Waals surface area contributed by atoms with E-state index in [4.69, 9.17) is 5.11 Å². The highest BCUT2D eigenvalue weighted by molar-refractivity contribution is 5.87. The summed E-state index contributed by atoms with van der Waals surface area (Å²) in [7, 11) is 0. The number of aliphatic hydroxyl groups is 1. The van der Waals surface area contributed by atoms with Crippen molar-refractivity contribution in [3.05, 3.63) is 0 Å². The fourth-order valence-electron chi connectivity index (χ4n) is 2.56. The molecule has 2 atom stereocenters. The van der Waals surface area contributed by atoms with Gasteiger partial charge >= 0.3 is 0 Å². The minimum Gasteiger partial charge on any atom is -0.395 e. The second-order valence-corrected chi connectivity index (χ2v) is 4.87. The van der Waals surface area contributed by atoms with Gasteiger partial charge in [0.15, 0.2) is 0 Å². The Balaban J connectivity index is 2.38. The Bertz CT molecular complexity index is 265. The first-order chi connectivity index (χ1) is 8.17. The zero-order chi connectivity index (χ0) is 12.7. The maximum absolute atomic E-state index is 11.7. The number of amides is 1. The van der Waals surface area contributed by atoms with Gasteiger partial charge in [-0.05, 0) is 18.8 Å². The van der Waals surface area contributed by atoms with Crippen LogP contribution in [-0.4, -0.2) is 29.9 Å². The van der Waals surface area contributed by atoms with Gasteiger partial charge in [-0.25, -0.2) is 0 Å². The van der Waals surface area contributed by atoms with Gasteiger partial charge in [-0.15, -0.1) is 0 Å². The highest BCUT2D eigenvalue weighted by Crippen LogP contribution is 2.31. The van der Waals surface area contributed by atoms with Gasteiger partial charge in [0.1, 0.15) is 5.78 Å². The summed E-state index contributed by atoms with van der Waals surface area (Å²) in [5.41, 5.74) is 0. The molecular weight excluding hydrogens is 218 g/mol. The van der Waals surface area contributed by atoms with Gasteiger partial charge in [-0.2, -0.15) is 0 Å². The second-order valence-electron chi connectivity index (χ2n) is 4.87. The van der Waals surface area contributed by atoms with Crippen molar-refractivity contribution in [1.82, 2.24) is 5.32 Å². The lowest BCUT2D eigenvalue weighted by atomic mass is 9.77. The van der Waals surface area contributed by atoms with Crippen molar-refractivity contribution in [3.63, 3.8) is 0 Å². The van der Waals surface area contributed by atoms with E-state index in [-0.39, 0.29) is 30.8 Å². The summed E-state index contributed by atoms with van der Waals surface area (Å²) in [4.78, 5) is 23.2. The molecule has 0 spiro atoms. The maximum Gasteiger partial charge on any atom is 0.220 e. The minimum atomic E-state index is -0.116. The summed E-state index contributed by atoms with van der Waals surface area (Å²) in [5.74, 6) is 0.624. The standard InChI is InChI=1S/C13H23NO3/c1-2-3-10-4-5-12(16)11(8-10)9-13(17)14-6-7-15/h10-11,15H,2-9H2,1H3,(H,14,17). The topological polar surface area (TPSA) is 66.4 Å². The van der Waals surface area contributed by atoms with E-state index >= 15 is 0 Å². The summed E-state index contributed by atoms with van der Waals surface area (Å²) in [6, 6.07) is 0. The summed E-state index contributed by atoms with van der Waals surface area (Å²) >= 11 is 0. The summed E-state index contributed by atoms with van der Waals surface area (Å²) in [6.07, 6.45) is 5.06. The van der Waals surface area contributed by atoms with Gasteiger partial charge in [0.05, 0.1) is 6.61 Å². The molecule has 1 fully saturated rings. The van der Waals surface area contributed by atoms with Crippen LogP contribution in [-0.2, 0) is 9.59 Å². The van der Waals surface area contributed by atoms with E-state index in [2.05, 4.69) is 12.2 Å². The molecule has 0 aromatic carbocycles. The van der Waals surface area contributed by atoms with Crippen LogP contribution in [0.15, 0.2) is 0 Å². The smallest absolute Gasteiger partial charge is 0.220 e. The molecule has 0 saturated heterocycles. The summed E-state index contributed by atoms with van der Waals surface area (Å²) in [5, 5.41) is 11.2. The molecule has 4 heteroatoms. The Morgan fingerprint density at radius 2 is 2.29 bits per heavy atom. The van der Waals surface area contributed by atoms with Gasteiger partial charge in [0, 0.05) is 25.3 Å². The molecule has 2 unspecified atom stereocenters. The highest BCUT2D eigenvalue weighted by atomic mass is 16.3. The Labute approximate surface area is 103 Å². The molecule has 0 radical (unpaired) electrons. The number of nitrogens with one attached hydrogen (secondary N) is 1. The molecule has 1 rings (SSSR count). The largest absolute Gasteiger partial charge is 0.395 e. The monoisotopic (exact) mass is 241 g/mol. The third-order valence-electron chi connectivity index (χ3n) is 3.43. The first kappa shape index (κ1) is 14.2. The molecule has 2 N–H and O–H groups in total. The lowest BCUT2D eigenvalue weighted by molar-refractivity contribution is -0.131. The molecule has 1 saturated carbocycles. The Hall–Kier alpha value is -0.900. The van der Waals surface area contributed by atoms with E-state index in [0.717, 1.165) is 25.7 Å². The second kappa shape index (κ2) is 7.43. The molecule has 98 valence electrons. The van der Waals surface area contributed by atoms with Gasteiger partial charge in [-0.1, -0.05) is 19.8 Å². The van der Waals surface area contributed by atoms with Crippen molar-refractivity contribution in [3.8, 4) is 0 Å². The van der Waals surface area contributed by atoms with Crippen molar-refractivity contribution < 1.29 is 14.7 Å². The minimum absolute atomic E-state index is 0.0528. The van der Waals surface area contributed by atoms with Crippen LogP contribution in [0.1, 0.15) is 45.4 Å². The van der Waals surface area contributed by atoms with E-state index in [1.54, 1.807) is 0 Å². The average Bonchev–Trinajstić information content (AvgIpc) is 2.31. The summed E-state index contributed by atoms with van der Waals surface area (Å²) < 4.78 is 0. The Morgan fingerprint density at radius 1 is 1.53 bits per heavy atom. The van der Waals surface area contributed by atoms with E-state index in [0.29, 0.717) is 18.8 Å². The van der Waals surface area contributed by atoms with E-state index in [1.165, 1.54) is 0 Å². The van der Waals surface area contributed by atoms with Crippen LogP contribution in [0.4, 0.5) is 0 Å². The lowest BCUT2D eigenvalue weighted by Gasteiger charge is -2.27. The van der Waals surface area contributed by atoms with Crippen LogP contribution in [0.3, 0.4) is 0 Å². The molecule has 1 aliphatic rings. The van der Waals surface area contributed by atoms with E-state index in [9.17, 15) is 9.59 Å². The first-order valence-electron chi connectivity index (χ1n) is 6.57. The highest BCUT2D eigenvalue weighted by Gasteiger charge is 2.29. The van der Waals surface area contributed by atoms with Gasteiger partial charge in [0.2, 0.25) is 5.91 Å². The van der Waals surface area contributed by atoms with Crippen molar-refractivity contribution in [1.29, 1.82) is 0 Å². The first-order valence-corrected chi connectivity index (χ1v) is 6.57.